The van der Waals surface area contributed by atoms with Gasteiger partial charge >= 0.3 is 5.97 Å². The van der Waals surface area contributed by atoms with Crippen molar-refractivity contribution in [2.45, 2.75) is 26.3 Å². The fourth-order valence-electron chi connectivity index (χ4n) is 0.828. The summed E-state index contributed by atoms with van der Waals surface area (Å²) < 4.78 is 4.49. The van der Waals surface area contributed by atoms with Crippen LogP contribution >= 0.6 is 0 Å². The Balaban J connectivity index is 3.61. The van der Waals surface area contributed by atoms with E-state index in [1.807, 2.05) is 0 Å². The quantitative estimate of drug-likeness (QED) is 0.551. The molecular weight excluding hydrogens is 130 g/mol. The van der Waals surface area contributed by atoms with Gasteiger partial charge in [0.1, 0.15) is 0 Å². The smallest absolute Gasteiger partial charge is 0.308 e. The number of methoxy groups -OCH3 is 1. The fraction of sp³-hybridized carbons (Fsp3) is 0.857. The SMILES string of the molecule is COC(=O)[C@@H](C)CC(C)[NH]. The van der Waals surface area contributed by atoms with Crippen LogP contribution in [-0.2, 0) is 9.53 Å². The van der Waals surface area contributed by atoms with Crippen LogP contribution in [0.2, 0.25) is 0 Å². The maximum absolute atomic E-state index is 10.7. The van der Waals surface area contributed by atoms with Gasteiger partial charge in [-0.05, 0) is 13.3 Å². The lowest BCUT2D eigenvalue weighted by atomic mass is 10.0. The highest BCUT2D eigenvalue weighted by atomic mass is 16.5. The molecule has 0 saturated heterocycles. The molecule has 0 fully saturated rings. The highest BCUT2D eigenvalue weighted by Gasteiger charge is 2.14. The number of ether oxygens (including phenoxy) is 1. The molecule has 0 aromatic carbocycles. The minimum absolute atomic E-state index is 0.141. The van der Waals surface area contributed by atoms with Gasteiger partial charge < -0.3 is 4.74 Å². The van der Waals surface area contributed by atoms with Crippen molar-refractivity contribution in [3.8, 4) is 0 Å². The molecule has 0 aliphatic heterocycles. The normalized spacial score (nSPS) is 16.0. The van der Waals surface area contributed by atoms with E-state index in [4.69, 9.17) is 5.73 Å². The summed E-state index contributed by atoms with van der Waals surface area (Å²) in [7, 11) is 1.37. The average molecular weight is 144 g/mol. The molecule has 3 nitrogen and oxygen atoms in total. The van der Waals surface area contributed by atoms with Gasteiger partial charge in [-0.1, -0.05) is 6.92 Å². The molecule has 10 heavy (non-hydrogen) atoms. The minimum atomic E-state index is -0.223. The van der Waals surface area contributed by atoms with Gasteiger partial charge in [-0.15, -0.1) is 0 Å². The van der Waals surface area contributed by atoms with E-state index in [0.29, 0.717) is 6.42 Å². The largest absolute Gasteiger partial charge is 0.469 e. The minimum Gasteiger partial charge on any atom is -0.469 e. The molecule has 1 radical (unpaired) electrons. The van der Waals surface area contributed by atoms with Crippen molar-refractivity contribution in [3.63, 3.8) is 0 Å². The van der Waals surface area contributed by atoms with E-state index < -0.39 is 0 Å². The third kappa shape index (κ3) is 3.45. The Morgan fingerprint density at radius 1 is 1.60 bits per heavy atom. The van der Waals surface area contributed by atoms with Gasteiger partial charge in [0.25, 0.3) is 0 Å². The predicted octanol–water partition coefficient (Wildman–Crippen LogP) is 0.857. The van der Waals surface area contributed by atoms with Gasteiger partial charge in [-0.3, -0.25) is 10.5 Å². The molecule has 0 aromatic heterocycles. The molecule has 0 aliphatic carbocycles. The zero-order valence-electron chi connectivity index (χ0n) is 6.68. The molecule has 0 heterocycles. The molecule has 0 bridgehead atoms. The van der Waals surface area contributed by atoms with Crippen LogP contribution in [0.25, 0.3) is 0 Å². The average Bonchev–Trinajstić information content (AvgIpc) is 1.85. The van der Waals surface area contributed by atoms with Crippen molar-refractivity contribution in [1.29, 1.82) is 0 Å². The number of rotatable bonds is 3. The van der Waals surface area contributed by atoms with E-state index in [1.165, 1.54) is 7.11 Å². The van der Waals surface area contributed by atoms with Crippen LogP contribution in [0.5, 0.6) is 0 Å². The monoisotopic (exact) mass is 144 g/mol. The lowest BCUT2D eigenvalue weighted by molar-refractivity contribution is -0.145. The number of carbonyl (C=O) groups excluding carboxylic acids is 1. The second-order valence-corrected chi connectivity index (χ2v) is 2.56. The number of hydrogen-bond donors (Lipinski definition) is 0. The van der Waals surface area contributed by atoms with Crippen molar-refractivity contribution in [1.82, 2.24) is 5.73 Å². The summed E-state index contributed by atoms with van der Waals surface area (Å²) in [4.78, 5) is 10.7. The predicted molar refractivity (Wildman–Crippen MR) is 38.4 cm³/mol. The summed E-state index contributed by atoms with van der Waals surface area (Å²) in [6, 6.07) is -0.186. The van der Waals surface area contributed by atoms with Gasteiger partial charge in [-0.25, -0.2) is 0 Å². The summed E-state index contributed by atoms with van der Waals surface area (Å²) in [5.74, 6) is -0.364. The molecular formula is C7H14NO2. The number of esters is 1. The van der Waals surface area contributed by atoms with Crippen LogP contribution in [0, 0.1) is 5.92 Å². The van der Waals surface area contributed by atoms with E-state index in [2.05, 4.69) is 4.74 Å². The molecule has 0 saturated carbocycles. The first-order valence-electron chi connectivity index (χ1n) is 3.37. The van der Waals surface area contributed by atoms with Crippen molar-refractivity contribution < 1.29 is 9.53 Å². The fourth-order valence-corrected chi connectivity index (χ4v) is 0.828. The first kappa shape index (κ1) is 9.43. The zero-order chi connectivity index (χ0) is 8.15. The van der Waals surface area contributed by atoms with Crippen molar-refractivity contribution in [3.05, 3.63) is 0 Å². The Morgan fingerprint density at radius 3 is 2.40 bits per heavy atom. The molecule has 2 atom stereocenters. The van der Waals surface area contributed by atoms with E-state index in [0.717, 1.165) is 0 Å². The zero-order valence-corrected chi connectivity index (χ0v) is 6.68. The maximum Gasteiger partial charge on any atom is 0.308 e. The number of nitrogens with one attached hydrogen (secondary N) is 1. The molecule has 0 amide bonds. The third-order valence-corrected chi connectivity index (χ3v) is 1.31. The molecule has 0 aromatic rings. The van der Waals surface area contributed by atoms with Crippen LogP contribution < -0.4 is 5.73 Å². The van der Waals surface area contributed by atoms with Crippen molar-refractivity contribution in [2.75, 3.05) is 7.11 Å². The van der Waals surface area contributed by atoms with Gasteiger partial charge in [0, 0.05) is 6.04 Å². The number of carbonyl (C=O) groups is 1. The summed E-state index contributed by atoms with van der Waals surface area (Å²) in [5, 5.41) is 0. The second kappa shape index (κ2) is 4.28. The first-order chi connectivity index (χ1) is 4.57. The highest BCUT2D eigenvalue weighted by Crippen LogP contribution is 2.06. The summed E-state index contributed by atoms with van der Waals surface area (Å²) in [6.07, 6.45) is 0.576. The van der Waals surface area contributed by atoms with Gasteiger partial charge in [0.05, 0.1) is 13.0 Å². The van der Waals surface area contributed by atoms with Crippen LogP contribution in [0.1, 0.15) is 20.3 Å². The van der Waals surface area contributed by atoms with E-state index in [9.17, 15) is 4.79 Å². The standard InChI is InChI=1S/C7H14NO2/c1-5(4-6(2)8)7(9)10-3/h5-6,8H,4H2,1-3H3/t5-,6?/m0/s1. The van der Waals surface area contributed by atoms with Crippen LogP contribution in [0.3, 0.4) is 0 Å². The summed E-state index contributed by atoms with van der Waals surface area (Å²) in [6.45, 7) is 3.54. The van der Waals surface area contributed by atoms with Crippen molar-refractivity contribution in [2.24, 2.45) is 5.92 Å². The summed E-state index contributed by atoms with van der Waals surface area (Å²) >= 11 is 0. The Morgan fingerprint density at radius 2 is 2.10 bits per heavy atom. The molecule has 0 aliphatic rings. The van der Waals surface area contributed by atoms with Crippen LogP contribution in [0.15, 0.2) is 0 Å². The van der Waals surface area contributed by atoms with Gasteiger partial charge in [0.2, 0.25) is 0 Å². The van der Waals surface area contributed by atoms with Gasteiger partial charge in [0.15, 0.2) is 0 Å². The van der Waals surface area contributed by atoms with E-state index in [-0.39, 0.29) is 17.9 Å². The summed E-state index contributed by atoms with van der Waals surface area (Å²) in [5.41, 5.74) is 7.17. The lowest BCUT2D eigenvalue weighted by Gasteiger charge is -2.09. The molecule has 3 heteroatoms. The van der Waals surface area contributed by atoms with E-state index >= 15 is 0 Å². The van der Waals surface area contributed by atoms with Gasteiger partial charge in [-0.2, -0.15) is 0 Å². The molecule has 0 spiro atoms. The molecule has 59 valence electrons. The Kier molecular flexibility index (Phi) is 4.03. The van der Waals surface area contributed by atoms with Crippen molar-refractivity contribution >= 4 is 5.97 Å². The Labute approximate surface area is 61.5 Å². The molecule has 0 rings (SSSR count). The van der Waals surface area contributed by atoms with Crippen LogP contribution in [-0.4, -0.2) is 19.1 Å². The Hall–Kier alpha value is -0.570. The third-order valence-electron chi connectivity index (χ3n) is 1.31. The van der Waals surface area contributed by atoms with Crippen LogP contribution in [0.4, 0.5) is 0 Å². The second-order valence-electron chi connectivity index (χ2n) is 2.56. The molecule has 1 N–H and O–H groups in total. The lowest BCUT2D eigenvalue weighted by Crippen LogP contribution is -2.18. The Bertz CT molecular complexity index is 112. The first-order valence-corrected chi connectivity index (χ1v) is 3.37. The number of hydrogen-bond acceptors (Lipinski definition) is 2. The van der Waals surface area contributed by atoms with E-state index in [1.54, 1.807) is 13.8 Å². The topological polar surface area (TPSA) is 50.1 Å². The molecule has 1 unspecified atom stereocenters. The highest BCUT2D eigenvalue weighted by molar-refractivity contribution is 5.71. The maximum atomic E-state index is 10.7.